The number of likely N-dealkylation sites (N-methyl/N-ethyl adjacent to an activating group) is 1. The van der Waals surface area contributed by atoms with Gasteiger partial charge in [-0.25, -0.2) is 0 Å². The molecule has 0 amide bonds. The number of ether oxygens (including phenoxy) is 1. The molecule has 0 aromatic heterocycles. The van der Waals surface area contributed by atoms with E-state index in [2.05, 4.69) is 4.90 Å². The topological polar surface area (TPSA) is 53.1 Å². The zero-order valence-corrected chi connectivity index (χ0v) is 15.2. The first-order valence-electron chi connectivity index (χ1n) is 8.04. The summed E-state index contributed by atoms with van der Waals surface area (Å²) in [5.41, 5.74) is 1.02. The molecule has 6 nitrogen and oxygen atoms in total. The molecule has 0 radical (unpaired) electrons. The van der Waals surface area contributed by atoms with Crippen LogP contribution >= 0.6 is 0 Å². The fraction of sp³-hybridized carbons (Fsp3) is 0.625. The minimum atomic E-state index is -3.41. The van der Waals surface area contributed by atoms with Gasteiger partial charge in [-0.3, -0.25) is 4.90 Å². The van der Waals surface area contributed by atoms with Crippen molar-refractivity contribution in [3.8, 4) is 5.75 Å². The molecule has 0 spiro atoms. The van der Waals surface area contributed by atoms with Gasteiger partial charge in [0.25, 0.3) is 10.2 Å². The molecular weight excluding hydrogens is 314 g/mol. The second-order valence-electron chi connectivity index (χ2n) is 5.69. The summed E-state index contributed by atoms with van der Waals surface area (Å²) in [6.45, 7) is 6.37. The highest BCUT2D eigenvalue weighted by Crippen LogP contribution is 2.32. The molecule has 0 N–H and O–H groups in total. The van der Waals surface area contributed by atoms with E-state index >= 15 is 0 Å². The van der Waals surface area contributed by atoms with Crippen LogP contribution in [0.2, 0.25) is 0 Å². The molecule has 1 atom stereocenters. The third-order valence-corrected chi connectivity index (χ3v) is 6.62. The number of para-hydroxylation sites is 1. The van der Waals surface area contributed by atoms with E-state index in [4.69, 9.17) is 4.74 Å². The molecule has 130 valence electrons. The van der Waals surface area contributed by atoms with Crippen LogP contribution in [0.1, 0.15) is 25.5 Å². The molecule has 1 aromatic rings. The van der Waals surface area contributed by atoms with E-state index in [1.54, 1.807) is 11.4 Å². The Hall–Kier alpha value is -1.15. The first-order valence-corrected chi connectivity index (χ1v) is 9.43. The van der Waals surface area contributed by atoms with Crippen molar-refractivity contribution in [2.45, 2.75) is 19.9 Å². The van der Waals surface area contributed by atoms with Crippen LogP contribution in [0.5, 0.6) is 5.75 Å². The van der Waals surface area contributed by atoms with E-state index in [0.29, 0.717) is 32.7 Å². The summed E-state index contributed by atoms with van der Waals surface area (Å²) in [7, 11) is 0.262. The van der Waals surface area contributed by atoms with Crippen LogP contribution in [0.15, 0.2) is 24.3 Å². The van der Waals surface area contributed by atoms with Crippen molar-refractivity contribution >= 4 is 10.2 Å². The molecule has 1 saturated heterocycles. The molecule has 0 saturated carbocycles. The molecule has 2 rings (SSSR count). The number of nitrogens with zero attached hydrogens (tertiary/aromatic N) is 3. The third-order valence-electron chi connectivity index (χ3n) is 4.47. The molecule has 1 unspecified atom stereocenters. The Morgan fingerprint density at radius 3 is 2.48 bits per heavy atom. The van der Waals surface area contributed by atoms with Gasteiger partial charge in [0.15, 0.2) is 0 Å². The van der Waals surface area contributed by atoms with Gasteiger partial charge in [-0.15, -0.1) is 0 Å². The molecular formula is C16H27N3O3S. The van der Waals surface area contributed by atoms with Gasteiger partial charge in [0.2, 0.25) is 0 Å². The Balaban J connectivity index is 2.29. The maximum Gasteiger partial charge on any atom is 0.282 e. The highest BCUT2D eigenvalue weighted by Gasteiger charge is 2.35. The third kappa shape index (κ3) is 3.68. The highest BCUT2D eigenvalue weighted by molar-refractivity contribution is 7.86. The molecule has 1 fully saturated rings. The predicted molar refractivity (Wildman–Crippen MR) is 91.8 cm³/mol. The average Bonchev–Trinajstić information content (AvgIpc) is 2.56. The van der Waals surface area contributed by atoms with E-state index in [1.165, 1.54) is 4.31 Å². The lowest BCUT2D eigenvalue weighted by Crippen LogP contribution is -2.53. The summed E-state index contributed by atoms with van der Waals surface area (Å²) < 4.78 is 34.1. The molecule has 0 bridgehead atoms. The van der Waals surface area contributed by atoms with Gasteiger partial charge in [-0.1, -0.05) is 32.0 Å². The Morgan fingerprint density at radius 1 is 1.22 bits per heavy atom. The zero-order chi connectivity index (χ0) is 17.0. The number of hydrogen-bond acceptors (Lipinski definition) is 4. The Labute approximate surface area is 139 Å². The molecule has 1 aromatic carbocycles. The molecule has 1 aliphatic heterocycles. The molecule has 1 heterocycles. The van der Waals surface area contributed by atoms with Crippen LogP contribution in [0, 0.1) is 0 Å². The van der Waals surface area contributed by atoms with Gasteiger partial charge in [-0.05, 0) is 13.1 Å². The quantitative estimate of drug-likeness (QED) is 0.788. The Morgan fingerprint density at radius 2 is 1.87 bits per heavy atom. The van der Waals surface area contributed by atoms with E-state index in [9.17, 15) is 8.42 Å². The predicted octanol–water partition coefficient (Wildman–Crippen LogP) is 1.57. The highest BCUT2D eigenvalue weighted by atomic mass is 32.2. The SMILES string of the molecule is CCN(CC)S(=O)(=O)N1CCN(C)C(c2ccccc2OC)C1. The van der Waals surface area contributed by atoms with Crippen molar-refractivity contribution in [3.05, 3.63) is 29.8 Å². The fourth-order valence-electron chi connectivity index (χ4n) is 3.05. The van der Waals surface area contributed by atoms with Gasteiger partial charge in [0.1, 0.15) is 5.75 Å². The van der Waals surface area contributed by atoms with Crippen molar-refractivity contribution in [1.29, 1.82) is 0 Å². The largest absolute Gasteiger partial charge is 0.496 e. The first kappa shape index (κ1) is 18.2. The number of piperazine rings is 1. The zero-order valence-electron chi connectivity index (χ0n) is 14.4. The number of hydrogen-bond donors (Lipinski definition) is 0. The maximum absolute atomic E-state index is 12.8. The summed E-state index contributed by atoms with van der Waals surface area (Å²) in [5, 5.41) is 0. The summed E-state index contributed by atoms with van der Waals surface area (Å²) >= 11 is 0. The summed E-state index contributed by atoms with van der Waals surface area (Å²) in [5.74, 6) is 0.798. The standard InChI is InChI=1S/C16H27N3O3S/c1-5-18(6-2)23(20,21)19-12-11-17(3)15(13-19)14-9-7-8-10-16(14)22-4/h7-10,15H,5-6,11-13H2,1-4H3. The van der Waals surface area contributed by atoms with E-state index in [-0.39, 0.29) is 6.04 Å². The van der Waals surface area contributed by atoms with Gasteiger partial charge in [0, 0.05) is 38.3 Å². The molecule has 1 aliphatic rings. The number of rotatable bonds is 6. The van der Waals surface area contributed by atoms with Crippen LogP contribution in [0.4, 0.5) is 0 Å². The van der Waals surface area contributed by atoms with Gasteiger partial charge in [-0.2, -0.15) is 17.0 Å². The lowest BCUT2D eigenvalue weighted by atomic mass is 10.0. The van der Waals surface area contributed by atoms with Gasteiger partial charge >= 0.3 is 0 Å². The van der Waals surface area contributed by atoms with Crippen molar-refractivity contribution in [3.63, 3.8) is 0 Å². The maximum atomic E-state index is 12.8. The second kappa shape index (κ2) is 7.61. The van der Waals surface area contributed by atoms with Crippen molar-refractivity contribution in [1.82, 2.24) is 13.5 Å². The van der Waals surface area contributed by atoms with Crippen molar-refractivity contribution < 1.29 is 13.2 Å². The smallest absolute Gasteiger partial charge is 0.282 e. The number of benzene rings is 1. The lowest BCUT2D eigenvalue weighted by molar-refractivity contribution is 0.140. The van der Waals surface area contributed by atoms with Crippen molar-refractivity contribution in [2.24, 2.45) is 0 Å². The Bertz CT molecular complexity index is 617. The van der Waals surface area contributed by atoms with E-state index in [0.717, 1.165) is 11.3 Å². The Kier molecular flexibility index (Phi) is 6.02. The average molecular weight is 341 g/mol. The van der Waals surface area contributed by atoms with Crippen LogP contribution in [0.25, 0.3) is 0 Å². The minimum Gasteiger partial charge on any atom is -0.496 e. The number of methoxy groups -OCH3 is 1. The van der Waals surface area contributed by atoms with E-state index in [1.807, 2.05) is 45.2 Å². The van der Waals surface area contributed by atoms with Crippen LogP contribution in [-0.2, 0) is 10.2 Å². The van der Waals surface area contributed by atoms with Crippen LogP contribution in [-0.4, -0.2) is 68.8 Å². The molecule has 23 heavy (non-hydrogen) atoms. The fourth-order valence-corrected chi connectivity index (χ4v) is 4.67. The summed E-state index contributed by atoms with van der Waals surface area (Å²) in [6, 6.07) is 7.80. The summed E-state index contributed by atoms with van der Waals surface area (Å²) in [4.78, 5) is 2.19. The first-order chi connectivity index (χ1) is 11.0. The molecule has 0 aliphatic carbocycles. The van der Waals surface area contributed by atoms with Crippen molar-refractivity contribution in [2.75, 3.05) is 46.9 Å². The second-order valence-corrected chi connectivity index (χ2v) is 7.62. The summed E-state index contributed by atoms with van der Waals surface area (Å²) in [6.07, 6.45) is 0. The minimum absolute atomic E-state index is 0.00904. The van der Waals surface area contributed by atoms with Crippen LogP contribution < -0.4 is 4.74 Å². The van der Waals surface area contributed by atoms with E-state index < -0.39 is 10.2 Å². The monoisotopic (exact) mass is 341 g/mol. The van der Waals surface area contributed by atoms with Gasteiger partial charge < -0.3 is 4.74 Å². The van der Waals surface area contributed by atoms with Crippen LogP contribution in [0.3, 0.4) is 0 Å². The molecule has 7 heteroatoms. The van der Waals surface area contributed by atoms with Gasteiger partial charge in [0.05, 0.1) is 13.2 Å². The normalized spacial score (nSPS) is 20.8. The lowest BCUT2D eigenvalue weighted by Gasteiger charge is -2.40.